The molecule has 5 heteroatoms. The number of Topliss-reactive ketones (excluding diaryl/α,β-unsaturated/α-hetero) is 1. The maximum Gasteiger partial charge on any atom is 0.419 e. The summed E-state index contributed by atoms with van der Waals surface area (Å²) in [6.45, 7) is 0. The smallest absolute Gasteiger partial charge is 0.408 e. The van der Waals surface area contributed by atoms with Crippen LogP contribution >= 0.6 is 0 Å². The van der Waals surface area contributed by atoms with Crippen LogP contribution < -0.4 is 5.76 Å². The molecule has 5 nitrogen and oxygen atoms in total. The van der Waals surface area contributed by atoms with Gasteiger partial charge in [-0.2, -0.15) is 5.26 Å². The van der Waals surface area contributed by atoms with Crippen molar-refractivity contribution in [2.45, 2.75) is 19.3 Å². The average molecular weight is 256 g/mol. The average Bonchev–Trinajstić information content (AvgIpc) is 2.64. The lowest BCUT2D eigenvalue weighted by atomic mass is 9.65. The number of benzene rings is 1. The van der Waals surface area contributed by atoms with E-state index in [2.05, 4.69) is 6.07 Å². The zero-order valence-electron chi connectivity index (χ0n) is 10.5. The molecular weight excluding hydrogens is 244 g/mol. The molecule has 2 aromatic rings. The van der Waals surface area contributed by atoms with Gasteiger partial charge < -0.3 is 4.42 Å². The predicted molar refractivity (Wildman–Crippen MR) is 67.7 cm³/mol. The summed E-state index contributed by atoms with van der Waals surface area (Å²) in [4.78, 5) is 23.8. The summed E-state index contributed by atoms with van der Waals surface area (Å²) in [5.41, 5.74) is 0.581. The van der Waals surface area contributed by atoms with Crippen LogP contribution in [0.4, 0.5) is 0 Å². The molecule has 19 heavy (non-hydrogen) atoms. The molecule has 1 fully saturated rings. The molecule has 1 heterocycles. The molecule has 0 radical (unpaired) electrons. The van der Waals surface area contributed by atoms with E-state index < -0.39 is 11.2 Å². The number of oxazole rings is 1. The van der Waals surface area contributed by atoms with Gasteiger partial charge in [0.05, 0.1) is 11.6 Å². The van der Waals surface area contributed by atoms with Crippen molar-refractivity contribution in [3.05, 3.63) is 34.3 Å². The van der Waals surface area contributed by atoms with Gasteiger partial charge in [0, 0.05) is 12.6 Å². The fraction of sp³-hybridized carbons (Fsp3) is 0.357. The van der Waals surface area contributed by atoms with Crippen LogP contribution in [0.25, 0.3) is 11.1 Å². The summed E-state index contributed by atoms with van der Waals surface area (Å²) < 4.78 is 6.44. The third kappa shape index (κ3) is 1.53. The Kier molecular flexibility index (Phi) is 2.36. The van der Waals surface area contributed by atoms with Gasteiger partial charge in [0.15, 0.2) is 11.4 Å². The van der Waals surface area contributed by atoms with E-state index in [0.29, 0.717) is 29.5 Å². The Morgan fingerprint density at radius 1 is 1.47 bits per heavy atom. The van der Waals surface area contributed by atoms with Gasteiger partial charge in [-0.15, -0.1) is 0 Å². The van der Waals surface area contributed by atoms with Crippen LogP contribution in [0, 0.1) is 16.7 Å². The first-order chi connectivity index (χ1) is 9.07. The number of carbonyl (C=O) groups excluding carboxylic acids is 1. The topological polar surface area (TPSA) is 76.0 Å². The molecule has 0 aliphatic heterocycles. The molecule has 96 valence electrons. The van der Waals surface area contributed by atoms with E-state index >= 15 is 0 Å². The van der Waals surface area contributed by atoms with Crippen LogP contribution in [0.15, 0.2) is 27.4 Å². The Balaban J connectivity index is 2.09. The second-order valence-electron chi connectivity index (χ2n) is 4.99. The van der Waals surface area contributed by atoms with Crippen molar-refractivity contribution in [3.63, 3.8) is 0 Å². The summed E-state index contributed by atoms with van der Waals surface area (Å²) in [5, 5.41) is 9.18. The molecule has 1 aromatic carbocycles. The molecule has 1 aliphatic carbocycles. The number of carbonyl (C=O) groups is 1. The summed E-state index contributed by atoms with van der Waals surface area (Å²) in [7, 11) is 1.61. The Hall–Kier alpha value is -2.35. The molecule has 1 aliphatic rings. The number of nitriles is 1. The molecular formula is C14H12N2O3. The zero-order chi connectivity index (χ0) is 13.6. The predicted octanol–water partition coefficient (Wildman–Crippen LogP) is 2.01. The Morgan fingerprint density at radius 2 is 2.21 bits per heavy atom. The van der Waals surface area contributed by atoms with Gasteiger partial charge in [0.2, 0.25) is 0 Å². The number of fused-ring (bicyclic) bond motifs is 1. The van der Waals surface area contributed by atoms with Gasteiger partial charge in [-0.3, -0.25) is 9.36 Å². The number of hydrogen-bond donors (Lipinski definition) is 0. The van der Waals surface area contributed by atoms with Crippen LogP contribution in [-0.4, -0.2) is 10.4 Å². The van der Waals surface area contributed by atoms with E-state index in [1.807, 2.05) is 0 Å². The summed E-state index contributed by atoms with van der Waals surface area (Å²) in [5.74, 6) is -0.632. The van der Waals surface area contributed by atoms with E-state index in [1.165, 1.54) is 4.57 Å². The van der Waals surface area contributed by atoms with Crippen LogP contribution in [0.1, 0.15) is 29.6 Å². The second-order valence-corrected chi connectivity index (χ2v) is 4.99. The highest BCUT2D eigenvalue weighted by Gasteiger charge is 2.44. The van der Waals surface area contributed by atoms with Crippen LogP contribution in [-0.2, 0) is 7.05 Å². The Morgan fingerprint density at radius 3 is 2.79 bits per heavy atom. The molecule has 1 aromatic heterocycles. The first kappa shape index (κ1) is 11.7. The Bertz CT molecular complexity index is 772. The number of hydrogen-bond acceptors (Lipinski definition) is 4. The maximum absolute atomic E-state index is 12.4. The second kappa shape index (κ2) is 3.82. The highest BCUT2D eigenvalue weighted by atomic mass is 16.4. The van der Waals surface area contributed by atoms with Crippen molar-refractivity contribution in [2.24, 2.45) is 12.5 Å². The standard InChI is InChI=1S/C14H12N2O3/c1-16-10-4-3-9(7-11(10)19-13(16)18)12(17)14(8-15)5-2-6-14/h3-4,7H,2,5-6H2,1H3. The van der Waals surface area contributed by atoms with Gasteiger partial charge in [0.1, 0.15) is 5.41 Å². The zero-order valence-corrected chi connectivity index (χ0v) is 10.5. The quantitative estimate of drug-likeness (QED) is 0.770. The minimum Gasteiger partial charge on any atom is -0.408 e. The fourth-order valence-electron chi connectivity index (χ4n) is 2.47. The van der Waals surface area contributed by atoms with Crippen molar-refractivity contribution in [1.29, 1.82) is 5.26 Å². The minimum atomic E-state index is -0.872. The third-order valence-corrected chi connectivity index (χ3v) is 3.91. The SMILES string of the molecule is Cn1c(=O)oc2cc(C(=O)C3(C#N)CCC3)ccc21. The van der Waals surface area contributed by atoms with Gasteiger partial charge in [-0.1, -0.05) is 0 Å². The van der Waals surface area contributed by atoms with E-state index in [1.54, 1.807) is 25.2 Å². The molecule has 0 unspecified atom stereocenters. The summed E-state index contributed by atoms with van der Waals surface area (Å²) in [6.07, 6.45) is 2.13. The molecule has 3 rings (SSSR count). The first-order valence-electron chi connectivity index (χ1n) is 6.13. The Labute approximate surface area is 109 Å². The fourth-order valence-corrected chi connectivity index (χ4v) is 2.47. The van der Waals surface area contributed by atoms with E-state index in [0.717, 1.165) is 6.42 Å². The van der Waals surface area contributed by atoms with Crippen molar-refractivity contribution >= 4 is 16.9 Å². The van der Waals surface area contributed by atoms with Crippen LogP contribution in [0.5, 0.6) is 0 Å². The number of ketones is 1. The normalized spacial score (nSPS) is 16.8. The van der Waals surface area contributed by atoms with Gasteiger partial charge in [-0.05, 0) is 37.5 Å². The molecule has 0 N–H and O–H groups in total. The number of aryl methyl sites for hydroxylation is 1. The number of nitrogens with zero attached hydrogens (tertiary/aromatic N) is 2. The van der Waals surface area contributed by atoms with Crippen molar-refractivity contribution in [3.8, 4) is 6.07 Å². The van der Waals surface area contributed by atoms with E-state index in [9.17, 15) is 14.9 Å². The minimum absolute atomic E-state index is 0.172. The van der Waals surface area contributed by atoms with Crippen molar-refractivity contribution < 1.29 is 9.21 Å². The summed E-state index contributed by atoms with van der Waals surface area (Å²) >= 11 is 0. The molecule has 0 atom stereocenters. The third-order valence-electron chi connectivity index (χ3n) is 3.91. The van der Waals surface area contributed by atoms with Crippen LogP contribution in [0.2, 0.25) is 0 Å². The first-order valence-corrected chi connectivity index (χ1v) is 6.13. The van der Waals surface area contributed by atoms with Gasteiger partial charge >= 0.3 is 5.76 Å². The lowest BCUT2D eigenvalue weighted by Gasteiger charge is -2.33. The lowest BCUT2D eigenvalue weighted by Crippen LogP contribution is -2.36. The maximum atomic E-state index is 12.4. The monoisotopic (exact) mass is 256 g/mol. The highest BCUT2D eigenvalue weighted by Crippen LogP contribution is 2.43. The summed E-state index contributed by atoms with van der Waals surface area (Å²) in [6, 6.07) is 7.01. The van der Waals surface area contributed by atoms with Crippen molar-refractivity contribution in [1.82, 2.24) is 4.57 Å². The van der Waals surface area contributed by atoms with Crippen molar-refractivity contribution in [2.75, 3.05) is 0 Å². The lowest BCUT2D eigenvalue weighted by molar-refractivity contribution is 0.0748. The highest BCUT2D eigenvalue weighted by molar-refractivity contribution is 6.04. The largest absolute Gasteiger partial charge is 0.419 e. The number of aromatic nitrogens is 1. The molecule has 0 bridgehead atoms. The van der Waals surface area contributed by atoms with E-state index in [4.69, 9.17) is 4.42 Å². The molecule has 1 saturated carbocycles. The molecule has 0 saturated heterocycles. The molecule has 0 amide bonds. The van der Waals surface area contributed by atoms with Gasteiger partial charge in [-0.25, -0.2) is 4.79 Å². The molecule has 0 spiro atoms. The van der Waals surface area contributed by atoms with Gasteiger partial charge in [0.25, 0.3) is 0 Å². The number of rotatable bonds is 2. The van der Waals surface area contributed by atoms with Crippen LogP contribution in [0.3, 0.4) is 0 Å². The van der Waals surface area contributed by atoms with E-state index in [-0.39, 0.29) is 5.78 Å².